The normalized spacial score (nSPS) is 13.9. The molecule has 0 saturated heterocycles. The summed E-state index contributed by atoms with van der Waals surface area (Å²) in [5.74, 6) is -8.04. The van der Waals surface area contributed by atoms with Crippen molar-refractivity contribution in [3.8, 4) is 5.75 Å². The highest BCUT2D eigenvalue weighted by Crippen LogP contribution is 2.35. The molecule has 0 amide bonds. The Morgan fingerprint density at radius 3 is 2.38 bits per heavy atom. The molecule has 0 aliphatic rings. The largest absolute Gasteiger partial charge is 0.505 e. The van der Waals surface area contributed by atoms with Crippen molar-refractivity contribution in [3.63, 3.8) is 0 Å². The van der Waals surface area contributed by atoms with E-state index in [1.165, 1.54) is 0 Å². The average molecular weight is 239 g/mol. The van der Waals surface area contributed by atoms with Crippen LogP contribution in [0.3, 0.4) is 0 Å². The van der Waals surface area contributed by atoms with Crippen LogP contribution in [0, 0.1) is 11.6 Å². The van der Waals surface area contributed by atoms with Gasteiger partial charge >= 0.3 is 0 Å². The van der Waals surface area contributed by atoms with Crippen LogP contribution in [0.5, 0.6) is 5.75 Å². The number of phenolic OH excluding ortho intramolecular Hbond substituents is 1. The first-order chi connectivity index (χ1) is 7.31. The zero-order valence-electron chi connectivity index (χ0n) is 7.92. The first kappa shape index (κ1) is 12.7. The minimum Gasteiger partial charge on any atom is -0.505 e. The number of hydrogen-bond acceptors (Lipinski definition) is 3. The summed E-state index contributed by atoms with van der Waals surface area (Å²) in [6, 6.07) is -0.813. The molecule has 1 atom stereocenters. The maximum atomic E-state index is 12.9. The van der Waals surface area contributed by atoms with E-state index in [0.717, 1.165) is 6.07 Å². The minimum atomic E-state index is -3.73. The van der Waals surface area contributed by atoms with Crippen molar-refractivity contribution < 1.29 is 27.8 Å². The third-order valence-electron chi connectivity index (χ3n) is 2.10. The van der Waals surface area contributed by atoms with Crippen LogP contribution < -0.4 is 5.73 Å². The van der Waals surface area contributed by atoms with Gasteiger partial charge in [-0.05, 0) is 6.07 Å². The summed E-state index contributed by atoms with van der Waals surface area (Å²) >= 11 is 0. The van der Waals surface area contributed by atoms with Gasteiger partial charge in [0.2, 0.25) is 5.82 Å². The molecular formula is C9H9F4NO2. The highest BCUT2D eigenvalue weighted by Gasteiger charge is 2.39. The molecule has 90 valence electrons. The molecule has 16 heavy (non-hydrogen) atoms. The van der Waals surface area contributed by atoms with Gasteiger partial charge in [-0.3, -0.25) is 0 Å². The average Bonchev–Trinajstić information content (AvgIpc) is 2.25. The van der Waals surface area contributed by atoms with Gasteiger partial charge in [0.05, 0.1) is 0 Å². The number of rotatable bonds is 3. The molecule has 0 heterocycles. The molecule has 1 aromatic rings. The Morgan fingerprint density at radius 2 is 1.88 bits per heavy atom. The first-order valence-corrected chi connectivity index (χ1v) is 4.22. The molecule has 0 unspecified atom stereocenters. The van der Waals surface area contributed by atoms with Crippen molar-refractivity contribution in [2.24, 2.45) is 5.73 Å². The number of phenols is 1. The Hall–Kier alpha value is -1.34. The second-order valence-electron chi connectivity index (χ2n) is 3.20. The molecule has 4 N–H and O–H groups in total. The highest BCUT2D eigenvalue weighted by molar-refractivity contribution is 5.37. The van der Waals surface area contributed by atoms with Crippen molar-refractivity contribution in [1.29, 1.82) is 0 Å². The Kier molecular flexibility index (Phi) is 3.39. The fourth-order valence-electron chi connectivity index (χ4n) is 1.13. The molecule has 0 aliphatic carbocycles. The van der Waals surface area contributed by atoms with Crippen molar-refractivity contribution in [3.05, 3.63) is 29.3 Å². The van der Waals surface area contributed by atoms with Gasteiger partial charge in [0.1, 0.15) is 12.6 Å². The van der Waals surface area contributed by atoms with Crippen LogP contribution in [0.1, 0.15) is 11.6 Å². The zero-order valence-corrected chi connectivity index (χ0v) is 7.92. The summed E-state index contributed by atoms with van der Waals surface area (Å²) in [4.78, 5) is 0. The topological polar surface area (TPSA) is 66.5 Å². The lowest BCUT2D eigenvalue weighted by Gasteiger charge is -2.22. The van der Waals surface area contributed by atoms with Gasteiger partial charge in [-0.25, -0.2) is 13.2 Å². The van der Waals surface area contributed by atoms with E-state index in [4.69, 9.17) is 15.9 Å². The maximum absolute atomic E-state index is 12.9. The maximum Gasteiger partial charge on any atom is 0.289 e. The van der Waals surface area contributed by atoms with Crippen molar-refractivity contribution in [2.45, 2.75) is 12.0 Å². The summed E-state index contributed by atoms with van der Waals surface area (Å²) < 4.78 is 51.3. The Balaban J connectivity index is 3.20. The Bertz CT molecular complexity index is 397. The number of benzene rings is 1. The highest BCUT2D eigenvalue weighted by atomic mass is 19.3. The van der Waals surface area contributed by atoms with Gasteiger partial charge in [0, 0.05) is 5.56 Å². The molecule has 0 spiro atoms. The molecular weight excluding hydrogens is 230 g/mol. The van der Waals surface area contributed by atoms with Gasteiger partial charge in [-0.1, -0.05) is 6.07 Å². The Labute approximate surface area is 88.1 Å². The van der Waals surface area contributed by atoms with E-state index in [9.17, 15) is 17.6 Å². The molecule has 0 bridgehead atoms. The van der Waals surface area contributed by atoms with Crippen molar-refractivity contribution in [1.82, 2.24) is 0 Å². The van der Waals surface area contributed by atoms with E-state index >= 15 is 0 Å². The Morgan fingerprint density at radius 1 is 1.31 bits per heavy atom. The smallest absolute Gasteiger partial charge is 0.289 e. The van der Waals surface area contributed by atoms with Crippen molar-refractivity contribution >= 4 is 0 Å². The molecule has 0 radical (unpaired) electrons. The van der Waals surface area contributed by atoms with Gasteiger partial charge in [-0.2, -0.15) is 4.39 Å². The number of aliphatic hydroxyl groups excluding tert-OH is 1. The molecule has 0 aromatic heterocycles. The van der Waals surface area contributed by atoms with E-state index in [-0.39, 0.29) is 0 Å². The SMILES string of the molecule is N[C@H](c1ccc(F)c(F)c1O)C(F)(F)CO. The van der Waals surface area contributed by atoms with Gasteiger partial charge in [-0.15, -0.1) is 0 Å². The van der Waals surface area contributed by atoms with E-state index in [0.29, 0.717) is 6.07 Å². The lowest BCUT2D eigenvalue weighted by molar-refractivity contribution is -0.0716. The fourth-order valence-corrected chi connectivity index (χ4v) is 1.13. The van der Waals surface area contributed by atoms with Crippen LogP contribution in [0.25, 0.3) is 0 Å². The predicted molar refractivity (Wildman–Crippen MR) is 47.0 cm³/mol. The summed E-state index contributed by atoms with van der Waals surface area (Å²) in [6.07, 6.45) is 0. The lowest BCUT2D eigenvalue weighted by atomic mass is 10.0. The van der Waals surface area contributed by atoms with E-state index in [1.54, 1.807) is 0 Å². The predicted octanol–water partition coefficient (Wildman–Crippen LogP) is 1.30. The van der Waals surface area contributed by atoms with Crippen molar-refractivity contribution in [2.75, 3.05) is 6.61 Å². The van der Waals surface area contributed by atoms with Gasteiger partial charge in [0.25, 0.3) is 5.92 Å². The number of alkyl halides is 2. The van der Waals surface area contributed by atoms with Crippen LogP contribution >= 0.6 is 0 Å². The number of halogens is 4. The van der Waals surface area contributed by atoms with Gasteiger partial charge in [0.15, 0.2) is 11.6 Å². The second kappa shape index (κ2) is 4.26. The van der Waals surface area contributed by atoms with Crippen LogP contribution in [-0.4, -0.2) is 22.7 Å². The van der Waals surface area contributed by atoms with Crippen LogP contribution in [0.2, 0.25) is 0 Å². The molecule has 0 saturated carbocycles. The quantitative estimate of drug-likeness (QED) is 0.696. The number of aromatic hydroxyl groups is 1. The minimum absolute atomic E-state index is 0.567. The van der Waals surface area contributed by atoms with E-state index in [2.05, 4.69) is 0 Å². The van der Waals surface area contributed by atoms with E-state index < -0.39 is 41.5 Å². The molecule has 0 aliphatic heterocycles. The van der Waals surface area contributed by atoms with Gasteiger partial charge < -0.3 is 15.9 Å². The standard InChI is InChI=1S/C9H9F4NO2/c10-5-2-1-4(7(16)6(5)11)8(14)9(12,13)3-15/h1-2,8,15-16H,3,14H2/t8-/m1/s1. The fraction of sp³-hybridized carbons (Fsp3) is 0.333. The third kappa shape index (κ3) is 2.10. The van der Waals surface area contributed by atoms with Crippen LogP contribution in [-0.2, 0) is 0 Å². The summed E-state index contributed by atoms with van der Waals surface area (Å²) in [7, 11) is 0. The number of aliphatic hydroxyl groups is 1. The molecule has 7 heteroatoms. The summed E-state index contributed by atoms with van der Waals surface area (Å²) in [6.45, 7) is -1.56. The third-order valence-corrected chi connectivity index (χ3v) is 2.10. The molecule has 1 rings (SSSR count). The monoisotopic (exact) mass is 239 g/mol. The summed E-state index contributed by atoms with van der Waals surface area (Å²) in [5.41, 5.74) is 4.38. The summed E-state index contributed by atoms with van der Waals surface area (Å²) in [5, 5.41) is 17.5. The number of hydrogen-bond donors (Lipinski definition) is 3. The first-order valence-electron chi connectivity index (χ1n) is 4.22. The number of nitrogens with two attached hydrogens (primary N) is 1. The lowest BCUT2D eigenvalue weighted by Crippen LogP contribution is -2.36. The molecule has 1 aromatic carbocycles. The van der Waals surface area contributed by atoms with E-state index in [1.807, 2.05) is 0 Å². The molecule has 3 nitrogen and oxygen atoms in total. The molecule has 0 fully saturated rings. The second-order valence-corrected chi connectivity index (χ2v) is 3.20. The zero-order chi connectivity index (χ0) is 12.5. The van der Waals surface area contributed by atoms with Crippen LogP contribution in [0.15, 0.2) is 12.1 Å². The van der Waals surface area contributed by atoms with Crippen LogP contribution in [0.4, 0.5) is 17.6 Å².